The molecular formula is C97H76N4OPtSi2-2. The number of benzene rings is 14. The third-order valence-electron chi connectivity index (χ3n) is 17.8. The molecule has 8 heteroatoms. The van der Waals surface area contributed by atoms with E-state index in [1.165, 1.54) is 61.7 Å². The zero-order chi connectivity index (χ0) is 112. The van der Waals surface area contributed by atoms with Gasteiger partial charge in [0.1, 0.15) is 5.82 Å². The predicted molar refractivity (Wildman–Crippen MR) is 436 cm³/mol. The van der Waals surface area contributed by atoms with Gasteiger partial charge in [-0.2, -0.15) is 18.2 Å². The van der Waals surface area contributed by atoms with Gasteiger partial charge >= 0.3 is 0 Å². The van der Waals surface area contributed by atoms with Gasteiger partial charge in [0.15, 0.2) is 16.1 Å². The number of para-hydroxylation sites is 1. The average Bonchev–Trinajstić information content (AvgIpc) is 1.32. The summed E-state index contributed by atoms with van der Waals surface area (Å²) in [6, 6.07) is -19.9. The summed E-state index contributed by atoms with van der Waals surface area (Å²) in [5, 5.41) is -9.13. The Morgan fingerprint density at radius 3 is 1.56 bits per heavy atom. The van der Waals surface area contributed by atoms with Crippen molar-refractivity contribution in [2.45, 2.75) is 46.7 Å². The van der Waals surface area contributed by atoms with E-state index >= 15 is 0 Å². The maximum Gasteiger partial charge on any atom is 0.268 e. The first-order chi connectivity index (χ1) is 70.7. The molecule has 14 aromatic carbocycles. The molecule has 0 N–H and O–H groups in total. The van der Waals surface area contributed by atoms with E-state index in [1.54, 1.807) is 30.3 Å². The van der Waals surface area contributed by atoms with Crippen LogP contribution in [0.2, 0.25) is 0 Å². The number of pyridine rings is 1. The molecule has 0 aliphatic heterocycles. The molecule has 105 heavy (non-hydrogen) atoms. The summed E-state index contributed by atoms with van der Waals surface area (Å²) < 4.78 is 473. The Kier molecular flexibility index (Phi) is 8.77. The van der Waals surface area contributed by atoms with Crippen LogP contribution >= 0.6 is 0 Å². The van der Waals surface area contributed by atoms with Crippen LogP contribution < -0.4 is 50.8 Å². The molecule has 3 heterocycles. The van der Waals surface area contributed by atoms with Crippen molar-refractivity contribution in [2.75, 3.05) is 0 Å². The van der Waals surface area contributed by atoms with E-state index in [9.17, 15) is 42.5 Å². The molecule has 17 aromatic rings. The molecule has 0 unspecified atom stereocenters. The van der Waals surface area contributed by atoms with E-state index in [0.717, 1.165) is 57.8 Å². The minimum Gasteiger partial charge on any atom is -0.510 e. The van der Waals surface area contributed by atoms with Gasteiger partial charge in [0, 0.05) is 62.2 Å². The second-order valence-corrected chi connectivity index (χ2v) is 31.7. The van der Waals surface area contributed by atoms with Gasteiger partial charge < -0.3 is 13.9 Å². The van der Waals surface area contributed by atoms with Crippen LogP contribution in [0.15, 0.2) is 351 Å². The van der Waals surface area contributed by atoms with Crippen LogP contribution in [-0.2, 0) is 26.5 Å². The van der Waals surface area contributed by atoms with Crippen molar-refractivity contribution in [2.24, 2.45) is 0 Å². The first-order valence-corrected chi connectivity index (χ1v) is 35.9. The van der Waals surface area contributed by atoms with Crippen LogP contribution in [0.25, 0.3) is 83.4 Å². The summed E-state index contributed by atoms with van der Waals surface area (Å²) in [6.45, 7) is -5.10. The van der Waals surface area contributed by atoms with Crippen LogP contribution in [0.5, 0.6) is 11.5 Å². The molecule has 0 fully saturated rings. The van der Waals surface area contributed by atoms with Gasteiger partial charge in [-0.1, -0.05) is 323 Å². The molecule has 0 aliphatic carbocycles. The van der Waals surface area contributed by atoms with E-state index in [4.69, 9.17) is 28.0 Å². The maximum absolute atomic E-state index is 11.7. The van der Waals surface area contributed by atoms with Crippen LogP contribution in [0.3, 0.4) is 0 Å². The van der Waals surface area contributed by atoms with Crippen molar-refractivity contribution in [3.05, 3.63) is 392 Å². The minimum absolute atomic E-state index is 0. The van der Waals surface area contributed by atoms with Gasteiger partial charge in [-0.25, -0.2) is 4.98 Å². The van der Waals surface area contributed by atoms with Gasteiger partial charge in [0.25, 0.3) is 6.33 Å². The monoisotopic (exact) mass is 1610 g/mol. The smallest absolute Gasteiger partial charge is 0.268 e. The van der Waals surface area contributed by atoms with Gasteiger partial charge in [0.2, 0.25) is 0 Å². The summed E-state index contributed by atoms with van der Waals surface area (Å²) in [4.78, 5) is 4.67. The van der Waals surface area contributed by atoms with E-state index in [0.29, 0.717) is 16.3 Å². The second-order valence-electron chi connectivity index (χ2n) is 24.7. The summed E-state index contributed by atoms with van der Waals surface area (Å²) in [7, 11) is -14.0. The standard InChI is InChI=1S/C97H76N4OSi2.Pt/c1-68-33-30-34-69(2)95(68)73-55-58-90-92(61-73)99(75-38-32-39-76(64-75)102-77-56-57-86-85-53-28-29-54-89(85)101(91(86)65-77)94-59-70(3)88(66-98-94)71-35-14-7-15-36-71)67-100(90)96-87(72-37-31-52-84(60-72)103(78-40-16-8-17-41-78,79-42-18-9-19-43-79)80-44-20-10-21-45-80)62-74(97(4,5)6)63-93(96)104(81-46-22-11-23-47-81,82-48-24-12-25-49-82)83-50-26-13-27-51-83;/h7-63,66H,1-6H3;/q-2;/i1D3,2D3,3D3,7D,8D,9D,10D,11D,12D,13D,14D,15D,16D,17D,18D,19D,20D,21D,22D,23D,24D,25D,26D,27D,31D,35D,36D,37D,40D,41D,42D,43D,44D,45D,46D,47D,48D,49D,50D,51D,52D,60D;. The first-order valence-electron chi connectivity index (χ1n) is 55.9. The fourth-order valence-electron chi connectivity index (χ4n) is 13.1. The fraction of sp³-hybridized carbons (Fsp3) is 0.0722. The number of aryl methyl sites for hydroxylation is 3. The van der Waals surface area contributed by atoms with Crippen molar-refractivity contribution in [3.63, 3.8) is 0 Å². The largest absolute Gasteiger partial charge is 0.510 e. The van der Waals surface area contributed by atoms with Crippen molar-refractivity contribution < 1.29 is 96.2 Å². The molecule has 0 saturated carbocycles. The Bertz CT molecular complexity index is 8340. The summed E-state index contributed by atoms with van der Waals surface area (Å²) in [5.41, 5.74) is -9.12. The Morgan fingerprint density at radius 2 is 0.981 bits per heavy atom. The molecule has 0 amide bonds. The third kappa shape index (κ3) is 12.0. The molecule has 0 aliphatic rings. The predicted octanol–water partition coefficient (Wildman–Crippen LogP) is 17.6. The van der Waals surface area contributed by atoms with Crippen LogP contribution in [0.4, 0.5) is 0 Å². The number of aromatic nitrogens is 4. The first kappa shape index (κ1) is 32.6. The maximum atomic E-state index is 11.7. The fourth-order valence-corrected chi connectivity index (χ4v) is 20.7. The molecule has 0 atom stereocenters. The van der Waals surface area contributed by atoms with E-state index in [2.05, 4.69) is 23.4 Å². The number of imidazole rings is 1. The number of rotatable bonds is 16. The van der Waals surface area contributed by atoms with Gasteiger partial charge in [-0.15, -0.1) is 29.7 Å². The molecule has 510 valence electrons. The van der Waals surface area contributed by atoms with Crippen molar-refractivity contribution >= 4 is 90.5 Å². The minimum atomic E-state index is -7.01. The summed E-state index contributed by atoms with van der Waals surface area (Å²) >= 11 is 0. The molecular weight excluding hydrogens is 1490 g/mol. The average molecular weight is 1610 g/mol. The SMILES string of the molecule is [2H]c1c([2H])c([2H])c(-c2cnc(-n3c4[c-]c(Oc5[c-]c(-n6[c-][n+](-c7c(-c8c([2H])c([2H])c([2H])c([Si](c9c([2H])c([2H])c([2H])c([2H])c9[2H])(c9c([2H])c([2H])c([2H])c([2H])c9[2H])c9c([2H])c([2H])c([2H])c([2H])c9[2H])c8[2H])cc(C(C)(C)C)cc7[Si](c7c([2H])c([2H])c([2H])c([2H])c7[2H])(c7c([2H])c([2H])c([2H])c([2H])c7[2H])c7c([2H])c([2H])c([2H])c([2H])c7[2H])c7ccc(-c8c(C([2H])([2H])[2H])cccc8C([2H])([2H])[2H])cc76)ccc5)ccc4c4ccccc43)cc2C([2H])([2H])[2H])c([2H])c1[2H].[Pt]. The third-order valence-corrected chi connectivity index (χ3v) is 26.0. The van der Waals surface area contributed by atoms with E-state index < -0.39 is 369 Å². The number of hydrogen-bond acceptors (Lipinski definition) is 2. The Labute approximate surface area is 699 Å². The molecule has 0 spiro atoms. The topological polar surface area (TPSA) is 35.9 Å². The number of ether oxygens (including phenoxy) is 1. The second kappa shape index (κ2) is 28.2. The molecule has 17 rings (SSSR count). The Hall–Kier alpha value is -11.6. The Balaban J connectivity index is 0.0000166. The van der Waals surface area contributed by atoms with Crippen LogP contribution in [0, 0.1) is 39.0 Å². The van der Waals surface area contributed by atoms with Crippen LogP contribution in [0.1, 0.15) is 109 Å². The molecule has 0 saturated heterocycles. The Morgan fingerprint density at radius 1 is 0.448 bits per heavy atom. The number of fused-ring (bicyclic) bond motifs is 4. The van der Waals surface area contributed by atoms with E-state index in [1.807, 2.05) is 0 Å². The zero-order valence-electron chi connectivity index (χ0n) is 103. The van der Waals surface area contributed by atoms with Gasteiger partial charge in [0.05, 0.1) is 70.2 Å². The number of nitrogens with zero attached hydrogens (tertiary/aromatic N) is 4. The van der Waals surface area contributed by atoms with Crippen molar-refractivity contribution in [3.8, 4) is 62.1 Å². The van der Waals surface area contributed by atoms with E-state index in [-0.39, 0.29) is 71.8 Å². The molecule has 5 nitrogen and oxygen atoms in total. The summed E-state index contributed by atoms with van der Waals surface area (Å²) in [6.07, 6.45) is 4.27. The summed E-state index contributed by atoms with van der Waals surface area (Å²) in [5.74, 6) is -0.592. The molecule has 0 radical (unpaired) electrons. The quantitative estimate of drug-likeness (QED) is 0.0418. The molecule has 0 bridgehead atoms. The van der Waals surface area contributed by atoms with Crippen molar-refractivity contribution in [1.29, 1.82) is 0 Å². The molecule has 3 aromatic heterocycles. The number of hydrogen-bond donors (Lipinski definition) is 0. The van der Waals surface area contributed by atoms with Crippen LogP contribution in [-0.4, -0.2) is 30.3 Å². The normalized spacial score (nSPS) is 18.7. The zero-order valence-corrected chi connectivity index (χ0v) is 59.3. The van der Waals surface area contributed by atoms with Gasteiger partial charge in [-0.05, 0) is 147 Å². The van der Waals surface area contributed by atoms with Crippen molar-refractivity contribution in [1.82, 2.24) is 14.1 Å². The van der Waals surface area contributed by atoms with Gasteiger partial charge in [-0.3, -0.25) is 4.57 Å².